The quantitative estimate of drug-likeness (QED) is 0.670. The summed E-state index contributed by atoms with van der Waals surface area (Å²) in [5.74, 6) is -0.891. The van der Waals surface area contributed by atoms with E-state index < -0.39 is 24.3 Å². The molecule has 2 aromatic rings. The van der Waals surface area contributed by atoms with Crippen molar-refractivity contribution in [2.24, 2.45) is 0 Å². The van der Waals surface area contributed by atoms with Crippen molar-refractivity contribution in [2.75, 3.05) is 0 Å². The lowest BCUT2D eigenvalue weighted by Gasteiger charge is -2.09. The molecule has 1 aromatic carbocycles. The monoisotopic (exact) mass is 271 g/mol. The molecule has 2 nitrogen and oxygen atoms in total. The zero-order chi connectivity index (χ0) is 14.0. The molecule has 0 fully saturated rings. The lowest BCUT2D eigenvalue weighted by Crippen LogP contribution is -2.04. The highest BCUT2D eigenvalue weighted by atomic mass is 19.4. The van der Waals surface area contributed by atoms with Gasteiger partial charge in [-0.25, -0.2) is 4.98 Å². The van der Waals surface area contributed by atoms with E-state index in [9.17, 15) is 17.6 Å². The third kappa shape index (κ3) is 2.90. The number of aliphatic hydroxyl groups is 1. The molecule has 6 heteroatoms. The van der Waals surface area contributed by atoms with E-state index in [2.05, 4.69) is 4.98 Å². The third-order valence-electron chi connectivity index (χ3n) is 2.58. The summed E-state index contributed by atoms with van der Waals surface area (Å²) in [5, 5.41) is 8.80. The van der Waals surface area contributed by atoms with Crippen LogP contribution in [-0.4, -0.2) is 10.1 Å². The van der Waals surface area contributed by atoms with Gasteiger partial charge in [-0.1, -0.05) is 12.1 Å². The molecule has 0 bridgehead atoms. The molecule has 0 aliphatic carbocycles. The van der Waals surface area contributed by atoms with Gasteiger partial charge in [-0.2, -0.15) is 17.6 Å². The number of hydrogen-bond donors (Lipinski definition) is 1. The van der Waals surface area contributed by atoms with Crippen LogP contribution in [0.1, 0.15) is 11.1 Å². The summed E-state index contributed by atoms with van der Waals surface area (Å²) in [6.07, 6.45) is -4.46. The van der Waals surface area contributed by atoms with Crippen molar-refractivity contribution in [3.05, 3.63) is 53.5 Å². The molecule has 2 rings (SSSR count). The van der Waals surface area contributed by atoms with E-state index >= 15 is 0 Å². The number of pyridine rings is 1. The summed E-state index contributed by atoms with van der Waals surface area (Å²) in [4.78, 5) is 3.54. The van der Waals surface area contributed by atoms with Crippen LogP contribution < -0.4 is 0 Å². The van der Waals surface area contributed by atoms with Gasteiger partial charge in [0.2, 0.25) is 5.95 Å². The van der Waals surface area contributed by atoms with Crippen LogP contribution in [0.25, 0.3) is 11.3 Å². The highest BCUT2D eigenvalue weighted by Gasteiger charge is 2.30. The summed E-state index contributed by atoms with van der Waals surface area (Å²) >= 11 is 0. The maximum atomic E-state index is 13.4. The van der Waals surface area contributed by atoms with Crippen LogP contribution >= 0.6 is 0 Å². The average Bonchev–Trinajstić information content (AvgIpc) is 2.38. The molecule has 19 heavy (non-hydrogen) atoms. The molecule has 0 aliphatic heterocycles. The van der Waals surface area contributed by atoms with Crippen molar-refractivity contribution in [1.82, 2.24) is 4.98 Å². The minimum Gasteiger partial charge on any atom is -0.392 e. The maximum absolute atomic E-state index is 13.4. The van der Waals surface area contributed by atoms with E-state index in [1.807, 2.05) is 0 Å². The Labute approximate surface area is 106 Å². The Morgan fingerprint density at radius 2 is 1.84 bits per heavy atom. The van der Waals surface area contributed by atoms with E-state index in [1.54, 1.807) is 0 Å². The molecule has 0 saturated heterocycles. The molecular formula is C13H9F4NO. The van der Waals surface area contributed by atoms with E-state index in [1.165, 1.54) is 24.3 Å². The molecule has 0 atom stereocenters. The molecule has 1 N–H and O–H groups in total. The largest absolute Gasteiger partial charge is 0.416 e. The second kappa shape index (κ2) is 4.97. The summed E-state index contributed by atoms with van der Waals surface area (Å²) in [6, 6.07) is 7.14. The van der Waals surface area contributed by atoms with Gasteiger partial charge >= 0.3 is 6.18 Å². The number of alkyl halides is 3. The predicted molar refractivity (Wildman–Crippen MR) is 60.6 cm³/mol. The molecule has 0 spiro atoms. The van der Waals surface area contributed by atoms with Crippen LogP contribution in [0.15, 0.2) is 36.4 Å². The van der Waals surface area contributed by atoms with Crippen LogP contribution in [0.4, 0.5) is 17.6 Å². The van der Waals surface area contributed by atoms with Crippen molar-refractivity contribution in [2.45, 2.75) is 12.8 Å². The van der Waals surface area contributed by atoms with E-state index in [-0.39, 0.29) is 16.8 Å². The van der Waals surface area contributed by atoms with Crippen molar-refractivity contribution >= 4 is 0 Å². The van der Waals surface area contributed by atoms with Gasteiger partial charge in [0.25, 0.3) is 0 Å². The van der Waals surface area contributed by atoms with Crippen molar-refractivity contribution < 1.29 is 22.7 Å². The summed E-state index contributed by atoms with van der Waals surface area (Å²) in [5.41, 5.74) is -0.576. The van der Waals surface area contributed by atoms with E-state index in [0.29, 0.717) is 0 Å². The SMILES string of the molecule is OCc1ccc(-c2cccc(C(F)(F)F)c2)nc1F. The maximum Gasteiger partial charge on any atom is 0.416 e. The van der Waals surface area contributed by atoms with Gasteiger partial charge in [-0.15, -0.1) is 0 Å². The van der Waals surface area contributed by atoms with Gasteiger partial charge in [-0.05, 0) is 24.3 Å². The fourth-order valence-corrected chi connectivity index (χ4v) is 1.60. The number of aromatic nitrogens is 1. The smallest absolute Gasteiger partial charge is 0.392 e. The number of nitrogens with zero attached hydrogens (tertiary/aromatic N) is 1. The minimum atomic E-state index is -4.46. The summed E-state index contributed by atoms with van der Waals surface area (Å²) in [6.45, 7) is -0.512. The second-order valence-electron chi connectivity index (χ2n) is 3.88. The third-order valence-corrected chi connectivity index (χ3v) is 2.58. The van der Waals surface area contributed by atoms with Gasteiger partial charge in [0.1, 0.15) is 0 Å². The number of halogens is 4. The van der Waals surface area contributed by atoms with Crippen molar-refractivity contribution in [3.8, 4) is 11.3 Å². The van der Waals surface area contributed by atoms with Crippen molar-refractivity contribution in [1.29, 1.82) is 0 Å². The zero-order valence-electron chi connectivity index (χ0n) is 9.58. The highest BCUT2D eigenvalue weighted by Crippen LogP contribution is 2.31. The van der Waals surface area contributed by atoms with Gasteiger partial charge in [-0.3, -0.25) is 0 Å². The second-order valence-corrected chi connectivity index (χ2v) is 3.88. The fraction of sp³-hybridized carbons (Fsp3) is 0.154. The lowest BCUT2D eigenvalue weighted by atomic mass is 10.1. The summed E-state index contributed by atoms with van der Waals surface area (Å²) in [7, 11) is 0. The fourth-order valence-electron chi connectivity index (χ4n) is 1.60. The first-order chi connectivity index (χ1) is 8.91. The van der Waals surface area contributed by atoms with Crippen LogP contribution in [-0.2, 0) is 12.8 Å². The number of hydrogen-bond acceptors (Lipinski definition) is 2. The minimum absolute atomic E-state index is 0.00396. The topological polar surface area (TPSA) is 33.1 Å². The van der Waals surface area contributed by atoms with Gasteiger partial charge < -0.3 is 5.11 Å². The number of rotatable bonds is 2. The number of benzene rings is 1. The highest BCUT2D eigenvalue weighted by molar-refractivity contribution is 5.60. The Balaban J connectivity index is 2.45. The lowest BCUT2D eigenvalue weighted by molar-refractivity contribution is -0.137. The van der Waals surface area contributed by atoms with Crippen LogP contribution in [0, 0.1) is 5.95 Å². The summed E-state index contributed by atoms with van der Waals surface area (Å²) < 4.78 is 51.0. The first-order valence-electron chi connectivity index (χ1n) is 5.35. The average molecular weight is 271 g/mol. The Morgan fingerprint density at radius 3 is 2.42 bits per heavy atom. The first kappa shape index (κ1) is 13.5. The van der Waals surface area contributed by atoms with Gasteiger partial charge in [0.05, 0.1) is 17.9 Å². The van der Waals surface area contributed by atoms with Crippen LogP contribution in [0.2, 0.25) is 0 Å². The Hall–Kier alpha value is -1.95. The van der Waals surface area contributed by atoms with Crippen molar-refractivity contribution in [3.63, 3.8) is 0 Å². The number of aliphatic hydroxyl groups excluding tert-OH is 1. The molecule has 0 saturated carbocycles. The first-order valence-corrected chi connectivity index (χ1v) is 5.35. The predicted octanol–water partition coefficient (Wildman–Crippen LogP) is 3.40. The standard InChI is InChI=1S/C13H9F4NO/c14-12-9(7-19)4-5-11(18-12)8-2-1-3-10(6-8)13(15,16)17/h1-6,19H,7H2. The molecule has 0 radical (unpaired) electrons. The zero-order valence-corrected chi connectivity index (χ0v) is 9.58. The van der Waals surface area contributed by atoms with Crippen LogP contribution in [0.3, 0.4) is 0 Å². The van der Waals surface area contributed by atoms with Gasteiger partial charge in [0, 0.05) is 11.1 Å². The van der Waals surface area contributed by atoms with Crippen LogP contribution in [0.5, 0.6) is 0 Å². The van der Waals surface area contributed by atoms with Gasteiger partial charge in [0.15, 0.2) is 0 Å². The van der Waals surface area contributed by atoms with E-state index in [4.69, 9.17) is 5.11 Å². The Kier molecular flexibility index (Phi) is 3.53. The molecule has 1 aromatic heterocycles. The molecule has 100 valence electrons. The van der Waals surface area contributed by atoms with E-state index in [0.717, 1.165) is 12.1 Å². The molecule has 0 unspecified atom stereocenters. The normalized spacial score (nSPS) is 11.6. The molecule has 0 amide bonds. The molecule has 1 heterocycles. The Bertz CT molecular complexity index is 595. The Morgan fingerprint density at radius 1 is 1.11 bits per heavy atom. The molecular weight excluding hydrogens is 262 g/mol. The molecule has 0 aliphatic rings.